The van der Waals surface area contributed by atoms with Crippen molar-refractivity contribution in [3.8, 4) is 5.75 Å². The molecule has 90 valence electrons. The Morgan fingerprint density at radius 1 is 1.25 bits per heavy atom. The minimum atomic E-state index is -0.424. The number of hydrogen-bond acceptors (Lipinski definition) is 2. The summed E-state index contributed by atoms with van der Waals surface area (Å²) in [4.78, 5) is 0. The molecule has 0 saturated carbocycles. The molecule has 16 heavy (non-hydrogen) atoms. The zero-order valence-corrected chi connectivity index (χ0v) is 10.7. The third-order valence-electron chi connectivity index (χ3n) is 3.01. The van der Waals surface area contributed by atoms with Gasteiger partial charge in [0.25, 0.3) is 0 Å². The summed E-state index contributed by atoms with van der Waals surface area (Å²) in [5.74, 6) is 0.816. The van der Waals surface area contributed by atoms with Crippen LogP contribution < -0.4 is 4.74 Å². The highest BCUT2D eigenvalue weighted by Crippen LogP contribution is 2.27. The Kier molecular flexibility index (Phi) is 4.36. The summed E-state index contributed by atoms with van der Waals surface area (Å²) < 4.78 is 5.42. The Morgan fingerprint density at radius 3 is 2.25 bits per heavy atom. The van der Waals surface area contributed by atoms with Crippen LogP contribution in [-0.4, -0.2) is 17.8 Å². The van der Waals surface area contributed by atoms with Crippen molar-refractivity contribution >= 4 is 0 Å². The molecule has 0 aromatic heterocycles. The lowest BCUT2D eigenvalue weighted by molar-refractivity contribution is 0.122. The molecule has 0 radical (unpaired) electrons. The summed E-state index contributed by atoms with van der Waals surface area (Å²) in [7, 11) is 0. The molecule has 1 atom stereocenters. The summed E-state index contributed by atoms with van der Waals surface area (Å²) in [6, 6.07) is 8.13. The number of aliphatic hydroxyl groups excluding tert-OH is 1. The molecule has 0 aliphatic heterocycles. The van der Waals surface area contributed by atoms with Gasteiger partial charge in [0.2, 0.25) is 0 Å². The largest absolute Gasteiger partial charge is 0.491 e. The van der Waals surface area contributed by atoms with Crippen LogP contribution in [0.4, 0.5) is 0 Å². The first-order chi connectivity index (χ1) is 7.45. The quantitative estimate of drug-likeness (QED) is 0.829. The number of hydrogen-bond donors (Lipinski definition) is 1. The first-order valence-electron chi connectivity index (χ1n) is 5.87. The van der Waals surface area contributed by atoms with Crippen LogP contribution in [-0.2, 0) is 5.41 Å². The molecule has 0 unspecified atom stereocenters. The van der Waals surface area contributed by atoms with Crippen molar-refractivity contribution in [3.05, 3.63) is 29.8 Å². The molecule has 2 heteroatoms. The second-order valence-corrected chi connectivity index (χ2v) is 4.92. The molecule has 0 amide bonds. The zero-order valence-electron chi connectivity index (χ0n) is 10.7. The predicted molar refractivity (Wildman–Crippen MR) is 66.9 cm³/mol. The van der Waals surface area contributed by atoms with Gasteiger partial charge in [-0.1, -0.05) is 32.9 Å². The van der Waals surface area contributed by atoms with Crippen LogP contribution in [0.1, 0.15) is 39.7 Å². The zero-order chi connectivity index (χ0) is 12.2. The molecule has 0 bridgehead atoms. The smallest absolute Gasteiger partial charge is 0.119 e. The number of ether oxygens (including phenoxy) is 1. The van der Waals surface area contributed by atoms with Crippen LogP contribution in [0, 0.1) is 0 Å². The van der Waals surface area contributed by atoms with Crippen LogP contribution >= 0.6 is 0 Å². The molecule has 0 spiro atoms. The van der Waals surface area contributed by atoms with Gasteiger partial charge in [0.15, 0.2) is 0 Å². The van der Waals surface area contributed by atoms with Gasteiger partial charge >= 0.3 is 0 Å². The molecule has 0 aliphatic rings. The molecule has 0 fully saturated rings. The monoisotopic (exact) mass is 222 g/mol. The van der Waals surface area contributed by atoms with Gasteiger partial charge in [-0.2, -0.15) is 0 Å². The van der Waals surface area contributed by atoms with Gasteiger partial charge in [-0.25, -0.2) is 0 Å². The highest BCUT2D eigenvalue weighted by molar-refractivity contribution is 5.31. The summed E-state index contributed by atoms with van der Waals surface area (Å²) in [6.45, 7) is 8.72. The molecule has 1 rings (SSSR count). The van der Waals surface area contributed by atoms with Crippen molar-refractivity contribution in [2.75, 3.05) is 6.61 Å². The van der Waals surface area contributed by atoms with E-state index in [0.29, 0.717) is 6.61 Å². The summed E-state index contributed by atoms with van der Waals surface area (Å²) in [5, 5.41) is 9.11. The van der Waals surface area contributed by atoms with Crippen LogP contribution in [0.2, 0.25) is 0 Å². The van der Waals surface area contributed by atoms with Crippen molar-refractivity contribution in [1.82, 2.24) is 0 Å². The van der Waals surface area contributed by atoms with Gasteiger partial charge in [0, 0.05) is 0 Å². The molecule has 0 heterocycles. The van der Waals surface area contributed by atoms with Gasteiger partial charge in [0.1, 0.15) is 12.4 Å². The van der Waals surface area contributed by atoms with E-state index in [4.69, 9.17) is 9.84 Å². The number of rotatable bonds is 5. The second-order valence-electron chi connectivity index (χ2n) is 4.92. The third-order valence-corrected chi connectivity index (χ3v) is 3.01. The molecule has 0 saturated heterocycles. The van der Waals surface area contributed by atoms with Gasteiger partial charge < -0.3 is 9.84 Å². The Bertz CT molecular complexity index is 312. The van der Waals surface area contributed by atoms with Crippen LogP contribution in [0.3, 0.4) is 0 Å². The van der Waals surface area contributed by atoms with Crippen LogP contribution in [0.25, 0.3) is 0 Å². The van der Waals surface area contributed by atoms with E-state index in [1.807, 2.05) is 12.1 Å². The van der Waals surface area contributed by atoms with Gasteiger partial charge in [-0.05, 0) is 36.5 Å². The molecule has 2 nitrogen and oxygen atoms in total. The predicted octanol–water partition coefficient (Wildman–Crippen LogP) is 3.13. The molecule has 1 aromatic rings. The van der Waals surface area contributed by atoms with Gasteiger partial charge in [-0.3, -0.25) is 0 Å². The Labute approximate surface area is 98.3 Å². The topological polar surface area (TPSA) is 29.5 Å². The van der Waals surface area contributed by atoms with E-state index < -0.39 is 6.10 Å². The van der Waals surface area contributed by atoms with E-state index in [2.05, 4.69) is 32.9 Å². The Hall–Kier alpha value is -1.02. The first-order valence-corrected chi connectivity index (χ1v) is 5.87. The first kappa shape index (κ1) is 13.0. The minimum Gasteiger partial charge on any atom is -0.491 e. The average Bonchev–Trinajstić information content (AvgIpc) is 2.27. The molecular formula is C14H22O2. The molecule has 1 aromatic carbocycles. The van der Waals surface area contributed by atoms with Crippen LogP contribution in [0.5, 0.6) is 5.75 Å². The fourth-order valence-corrected chi connectivity index (χ4v) is 1.42. The van der Waals surface area contributed by atoms with Crippen molar-refractivity contribution in [2.24, 2.45) is 0 Å². The van der Waals surface area contributed by atoms with Crippen molar-refractivity contribution in [2.45, 2.75) is 45.6 Å². The van der Waals surface area contributed by atoms with E-state index in [1.54, 1.807) is 6.92 Å². The molecule has 1 N–H and O–H groups in total. The maximum Gasteiger partial charge on any atom is 0.119 e. The second kappa shape index (κ2) is 5.35. The van der Waals surface area contributed by atoms with Gasteiger partial charge in [-0.15, -0.1) is 0 Å². The van der Waals surface area contributed by atoms with E-state index >= 15 is 0 Å². The summed E-state index contributed by atoms with van der Waals surface area (Å²) >= 11 is 0. The van der Waals surface area contributed by atoms with E-state index in [1.165, 1.54) is 5.56 Å². The van der Waals surface area contributed by atoms with Crippen molar-refractivity contribution in [3.63, 3.8) is 0 Å². The molecule has 0 aliphatic carbocycles. The standard InChI is InChI=1S/C14H22O2/c1-5-14(3,4)12-6-8-13(9-7-12)16-10-11(2)15/h6-9,11,15H,5,10H2,1-4H3/t11-/m0/s1. The van der Waals surface area contributed by atoms with Crippen molar-refractivity contribution in [1.29, 1.82) is 0 Å². The Morgan fingerprint density at radius 2 is 1.81 bits per heavy atom. The fraction of sp³-hybridized carbons (Fsp3) is 0.571. The number of benzene rings is 1. The minimum absolute atomic E-state index is 0.211. The Balaban J connectivity index is 2.68. The lowest BCUT2D eigenvalue weighted by atomic mass is 9.82. The fourth-order valence-electron chi connectivity index (χ4n) is 1.42. The lowest BCUT2D eigenvalue weighted by Crippen LogP contribution is -2.15. The molecular weight excluding hydrogens is 200 g/mol. The number of aliphatic hydroxyl groups is 1. The summed E-state index contributed by atoms with van der Waals surface area (Å²) in [5.41, 5.74) is 1.53. The normalized spacial score (nSPS) is 13.6. The maximum absolute atomic E-state index is 9.11. The highest BCUT2D eigenvalue weighted by Gasteiger charge is 2.17. The van der Waals surface area contributed by atoms with E-state index in [-0.39, 0.29) is 5.41 Å². The van der Waals surface area contributed by atoms with E-state index in [0.717, 1.165) is 12.2 Å². The van der Waals surface area contributed by atoms with Crippen LogP contribution in [0.15, 0.2) is 24.3 Å². The SMILES string of the molecule is CCC(C)(C)c1ccc(OC[C@H](C)O)cc1. The van der Waals surface area contributed by atoms with E-state index in [9.17, 15) is 0 Å². The van der Waals surface area contributed by atoms with Crippen molar-refractivity contribution < 1.29 is 9.84 Å². The third kappa shape index (κ3) is 3.53. The highest BCUT2D eigenvalue weighted by atomic mass is 16.5. The van der Waals surface area contributed by atoms with Gasteiger partial charge in [0.05, 0.1) is 6.10 Å². The summed E-state index contributed by atoms with van der Waals surface area (Å²) in [6.07, 6.45) is 0.688. The lowest BCUT2D eigenvalue weighted by Gasteiger charge is -2.23. The average molecular weight is 222 g/mol. The maximum atomic E-state index is 9.11.